The van der Waals surface area contributed by atoms with Crippen LogP contribution in [0.15, 0.2) is 0 Å². The van der Waals surface area contributed by atoms with E-state index < -0.39 is 17.7 Å². The van der Waals surface area contributed by atoms with Crippen molar-refractivity contribution in [2.24, 2.45) is 5.92 Å². The Kier molecular flexibility index (Phi) is 18.0. The van der Waals surface area contributed by atoms with Crippen molar-refractivity contribution in [1.82, 2.24) is 0 Å². The van der Waals surface area contributed by atoms with Crippen molar-refractivity contribution in [2.45, 2.75) is 124 Å². The lowest BCUT2D eigenvalue weighted by Crippen LogP contribution is -2.37. The van der Waals surface area contributed by atoms with E-state index in [1.54, 1.807) is 6.92 Å². The number of carbonyl (C=O) groups is 1. The zero-order chi connectivity index (χ0) is 26.8. The van der Waals surface area contributed by atoms with Gasteiger partial charge in [-0.05, 0) is 80.6 Å². The van der Waals surface area contributed by atoms with Crippen LogP contribution in [-0.2, 0) is 43.9 Å². The van der Waals surface area contributed by atoms with Crippen LogP contribution >= 0.6 is 0 Å². The highest BCUT2D eigenvalue weighted by Crippen LogP contribution is 2.27. The van der Waals surface area contributed by atoms with E-state index in [2.05, 4.69) is 0 Å². The Morgan fingerprint density at radius 1 is 0.657 bits per heavy atom. The van der Waals surface area contributed by atoms with E-state index in [1.807, 2.05) is 48.5 Å². The summed E-state index contributed by atoms with van der Waals surface area (Å²) < 4.78 is 0. The van der Waals surface area contributed by atoms with E-state index in [9.17, 15) is 9.90 Å². The summed E-state index contributed by atoms with van der Waals surface area (Å²) in [5.74, 6) is -2.91. The maximum Gasteiger partial charge on any atom is 0.306 e. The zero-order valence-corrected chi connectivity index (χ0v) is 23.2. The average molecular weight is 511 g/mol. The highest BCUT2D eigenvalue weighted by Gasteiger charge is 2.36. The van der Waals surface area contributed by atoms with Gasteiger partial charge in [0, 0.05) is 6.42 Å². The quantitative estimate of drug-likeness (QED) is 0.0813. The summed E-state index contributed by atoms with van der Waals surface area (Å²) in [7, 11) is 0. The predicted molar refractivity (Wildman–Crippen MR) is 130 cm³/mol. The smallest absolute Gasteiger partial charge is 0.306 e. The van der Waals surface area contributed by atoms with Gasteiger partial charge in [0.1, 0.15) is 0 Å². The largest absolute Gasteiger partial charge is 0.481 e. The Morgan fingerprint density at radius 2 is 1.03 bits per heavy atom. The van der Waals surface area contributed by atoms with Gasteiger partial charge in [-0.1, -0.05) is 19.8 Å². The second-order valence-electron chi connectivity index (χ2n) is 10.8. The van der Waals surface area contributed by atoms with E-state index in [1.165, 1.54) is 0 Å². The zero-order valence-electron chi connectivity index (χ0n) is 23.2. The first-order valence-electron chi connectivity index (χ1n) is 12.7. The van der Waals surface area contributed by atoms with Gasteiger partial charge < -0.3 is 5.11 Å². The van der Waals surface area contributed by atoms with Crippen LogP contribution in [0.1, 0.15) is 107 Å². The first kappa shape index (κ1) is 34.1. The lowest BCUT2D eigenvalue weighted by Gasteiger charge is -2.29. The van der Waals surface area contributed by atoms with Gasteiger partial charge in [0.2, 0.25) is 5.79 Å². The van der Waals surface area contributed by atoms with Gasteiger partial charge in [-0.3, -0.25) is 4.79 Å². The van der Waals surface area contributed by atoms with Crippen LogP contribution in [0.25, 0.3) is 0 Å². The summed E-state index contributed by atoms with van der Waals surface area (Å²) in [5.41, 5.74) is -0.713. The minimum absolute atomic E-state index is 0.0907. The minimum Gasteiger partial charge on any atom is -0.481 e. The highest BCUT2D eigenvalue weighted by atomic mass is 17.3. The van der Waals surface area contributed by atoms with Gasteiger partial charge in [0.05, 0.1) is 43.5 Å². The molecule has 1 unspecified atom stereocenters. The maximum absolute atomic E-state index is 11.7. The van der Waals surface area contributed by atoms with Gasteiger partial charge in [-0.15, -0.1) is 0 Å². The first-order chi connectivity index (χ1) is 16.3. The van der Waals surface area contributed by atoms with Gasteiger partial charge in [-0.25, -0.2) is 29.3 Å². The summed E-state index contributed by atoms with van der Waals surface area (Å²) in [4.78, 5) is 54.2. The fourth-order valence-corrected chi connectivity index (χ4v) is 2.71. The second-order valence-corrected chi connectivity index (χ2v) is 10.8. The molecule has 0 bridgehead atoms. The third kappa shape index (κ3) is 22.1. The highest BCUT2D eigenvalue weighted by molar-refractivity contribution is 5.70. The molecule has 35 heavy (non-hydrogen) atoms. The Bertz CT molecular complexity index is 497. The number of hydrogen-bond donors (Lipinski definition) is 1. The van der Waals surface area contributed by atoms with Crippen molar-refractivity contribution >= 4 is 5.97 Å². The van der Waals surface area contributed by atoms with Crippen LogP contribution in [0, 0.1) is 5.92 Å². The SMILES string of the molecule is CCCCC(CC(C)(OOCCCCOOC(C)(C)C)OOCCCCOOC(C)(C)C)C(=O)O. The molecule has 1 atom stereocenters. The van der Waals surface area contributed by atoms with E-state index in [-0.39, 0.29) is 30.8 Å². The molecule has 10 heteroatoms. The monoisotopic (exact) mass is 510 g/mol. The number of carboxylic acids is 1. The molecular weight excluding hydrogens is 460 g/mol. The van der Waals surface area contributed by atoms with Gasteiger partial charge in [-0.2, -0.15) is 9.78 Å². The fourth-order valence-electron chi connectivity index (χ4n) is 2.71. The summed E-state index contributed by atoms with van der Waals surface area (Å²) in [5, 5.41) is 9.62. The third-order valence-electron chi connectivity index (χ3n) is 4.37. The van der Waals surface area contributed by atoms with Gasteiger partial charge in [0.25, 0.3) is 0 Å². The molecule has 0 spiro atoms. The molecule has 0 aliphatic heterocycles. The molecule has 1 N–H and O–H groups in total. The molecule has 0 saturated heterocycles. The molecule has 0 fully saturated rings. The number of hydrogen-bond acceptors (Lipinski definition) is 9. The Labute approximate surface area is 211 Å². The summed E-state index contributed by atoms with van der Waals surface area (Å²) in [6.07, 6.45) is 5.06. The molecule has 0 amide bonds. The third-order valence-corrected chi connectivity index (χ3v) is 4.37. The first-order valence-corrected chi connectivity index (χ1v) is 12.7. The maximum atomic E-state index is 11.7. The number of rotatable bonds is 22. The van der Waals surface area contributed by atoms with Crippen molar-refractivity contribution in [3.8, 4) is 0 Å². The molecule has 0 rings (SSSR count). The van der Waals surface area contributed by atoms with Crippen LogP contribution in [0.2, 0.25) is 0 Å². The number of carboxylic acid groups (broad SMARTS) is 1. The molecule has 0 heterocycles. The Morgan fingerprint density at radius 3 is 1.34 bits per heavy atom. The van der Waals surface area contributed by atoms with Crippen molar-refractivity contribution in [3.05, 3.63) is 0 Å². The van der Waals surface area contributed by atoms with Crippen molar-refractivity contribution in [3.63, 3.8) is 0 Å². The molecule has 0 aliphatic rings. The summed E-state index contributed by atoms with van der Waals surface area (Å²) in [6.45, 7) is 16.5. The molecule has 210 valence electrons. The fraction of sp³-hybridized carbons (Fsp3) is 0.960. The van der Waals surface area contributed by atoms with Crippen molar-refractivity contribution in [2.75, 3.05) is 26.4 Å². The Hall–Kier alpha value is -0.850. The molecule has 0 radical (unpaired) electrons. The lowest BCUT2D eigenvalue weighted by atomic mass is 9.94. The molecule has 10 nitrogen and oxygen atoms in total. The molecule has 0 aliphatic carbocycles. The van der Waals surface area contributed by atoms with E-state index in [0.29, 0.717) is 45.3 Å². The molecule has 0 aromatic rings. The van der Waals surface area contributed by atoms with Crippen molar-refractivity contribution in [1.29, 1.82) is 0 Å². The van der Waals surface area contributed by atoms with Crippen LogP contribution in [0.5, 0.6) is 0 Å². The topological polar surface area (TPSA) is 111 Å². The number of unbranched alkanes of at least 4 members (excludes halogenated alkanes) is 3. The minimum atomic E-state index is -1.37. The standard InChI is InChI=1S/C25H50O10/c1-9-10-15-21(22(26)27)20-25(8,34-30-18-13-11-16-28-32-23(2,3)4)35-31-19-14-12-17-29-33-24(5,6)7/h21H,9-20H2,1-8H3,(H,26,27). The molecule has 0 saturated carbocycles. The van der Waals surface area contributed by atoms with E-state index in [4.69, 9.17) is 39.1 Å². The van der Waals surface area contributed by atoms with Gasteiger partial charge >= 0.3 is 5.97 Å². The van der Waals surface area contributed by atoms with E-state index in [0.717, 1.165) is 12.8 Å². The van der Waals surface area contributed by atoms with Gasteiger partial charge in [0.15, 0.2) is 0 Å². The molecule has 0 aromatic heterocycles. The van der Waals surface area contributed by atoms with E-state index >= 15 is 0 Å². The van der Waals surface area contributed by atoms with Crippen molar-refractivity contribution < 1.29 is 49.0 Å². The van der Waals surface area contributed by atoms with Crippen LogP contribution in [-0.4, -0.2) is 54.5 Å². The van der Waals surface area contributed by atoms with Crippen LogP contribution < -0.4 is 0 Å². The molecular formula is C25H50O10. The Balaban J connectivity index is 4.47. The van der Waals surface area contributed by atoms with Crippen LogP contribution in [0.3, 0.4) is 0 Å². The second kappa shape index (κ2) is 18.4. The van der Waals surface area contributed by atoms with Crippen LogP contribution in [0.4, 0.5) is 0 Å². The normalized spacial score (nSPS) is 13.8. The molecule has 0 aromatic carbocycles. The summed E-state index contributed by atoms with van der Waals surface area (Å²) >= 11 is 0. The summed E-state index contributed by atoms with van der Waals surface area (Å²) in [6, 6.07) is 0. The predicted octanol–water partition coefficient (Wildman–Crippen LogP) is 5.93. The number of aliphatic carboxylic acids is 1. The lowest BCUT2D eigenvalue weighted by molar-refractivity contribution is -0.509. The average Bonchev–Trinajstić information content (AvgIpc) is 2.73.